The van der Waals surface area contributed by atoms with Crippen LogP contribution in [-0.2, 0) is 17.4 Å². The van der Waals surface area contributed by atoms with Crippen LogP contribution in [0, 0.1) is 17.8 Å². The maximum Gasteiger partial charge on any atom is 0.416 e. The Morgan fingerprint density at radius 3 is 2.60 bits per heavy atom. The smallest absolute Gasteiger partial charge is 0.416 e. The molecule has 35 heavy (non-hydrogen) atoms. The molecule has 6 nitrogen and oxygen atoms in total. The monoisotopic (exact) mass is 489 g/mol. The number of benzene rings is 2. The van der Waals surface area contributed by atoms with Gasteiger partial charge in [-0.15, -0.1) is 0 Å². The molecule has 1 aliphatic carbocycles. The number of urea groups is 1. The summed E-state index contributed by atoms with van der Waals surface area (Å²) in [5.74, 6) is 1.53. The highest BCUT2D eigenvalue weighted by Gasteiger charge is 2.50. The molecular weight excluding hydrogens is 459 g/mol. The number of ether oxygens (including phenoxy) is 1. The van der Waals surface area contributed by atoms with E-state index in [4.69, 9.17) is 4.74 Å². The summed E-state index contributed by atoms with van der Waals surface area (Å²) in [6.07, 6.45) is -2.38. The summed E-state index contributed by atoms with van der Waals surface area (Å²) < 4.78 is 43.9. The Labute approximate surface area is 202 Å². The van der Waals surface area contributed by atoms with Crippen molar-refractivity contribution in [3.63, 3.8) is 0 Å². The van der Waals surface area contributed by atoms with E-state index in [9.17, 15) is 22.8 Å². The van der Waals surface area contributed by atoms with E-state index in [0.717, 1.165) is 36.3 Å². The summed E-state index contributed by atoms with van der Waals surface area (Å²) in [5, 5.41) is 5.28. The lowest BCUT2D eigenvalue weighted by atomic mass is 9.88. The number of fused-ring (bicyclic) bond motifs is 1. The Balaban J connectivity index is 1.31. The third-order valence-corrected chi connectivity index (χ3v) is 7.27. The minimum absolute atomic E-state index is 0.0791. The number of likely N-dealkylation sites (tertiary alicyclic amines) is 1. The molecule has 0 bridgehead atoms. The molecule has 0 radical (unpaired) electrons. The number of alkyl halides is 3. The number of amides is 3. The largest absolute Gasteiger partial charge is 0.497 e. The third-order valence-electron chi connectivity index (χ3n) is 7.27. The number of anilines is 1. The standard InChI is InChI=1S/C26H30F3N3O3/c1-16-12-23-21(14-24(33)32(23)11-10-17-6-8-20(35-2)9-7-17)22(16)15-30-25(34)31-19-5-3-4-18(13-19)26(27,28)29/h3-9,13,16,21-23H,10-12,14-15H2,1-2H3,(H2,30,31,34)/t16-,21-,22+,23+/m0/s1. The van der Waals surface area contributed by atoms with Crippen LogP contribution in [0.3, 0.4) is 0 Å². The van der Waals surface area contributed by atoms with E-state index in [2.05, 4.69) is 17.6 Å². The summed E-state index contributed by atoms with van der Waals surface area (Å²) in [5.41, 5.74) is 0.398. The van der Waals surface area contributed by atoms with Crippen molar-refractivity contribution in [1.29, 1.82) is 0 Å². The molecule has 0 spiro atoms. The molecular formula is C26H30F3N3O3. The fourth-order valence-corrected chi connectivity index (χ4v) is 5.43. The topological polar surface area (TPSA) is 70.7 Å². The molecule has 2 aromatic rings. The molecule has 2 N–H and O–H groups in total. The number of hydrogen-bond acceptors (Lipinski definition) is 3. The normalized spacial score (nSPS) is 23.8. The first kappa shape index (κ1) is 24.9. The van der Waals surface area contributed by atoms with Crippen molar-refractivity contribution < 1.29 is 27.5 Å². The van der Waals surface area contributed by atoms with Crippen molar-refractivity contribution in [2.24, 2.45) is 17.8 Å². The minimum atomic E-state index is -4.48. The van der Waals surface area contributed by atoms with Gasteiger partial charge >= 0.3 is 12.2 Å². The quantitative estimate of drug-likeness (QED) is 0.578. The van der Waals surface area contributed by atoms with Gasteiger partial charge in [-0.05, 0) is 66.5 Å². The average molecular weight is 490 g/mol. The molecule has 0 unspecified atom stereocenters. The lowest BCUT2D eigenvalue weighted by molar-refractivity contribution is -0.137. The van der Waals surface area contributed by atoms with Gasteiger partial charge in [0.2, 0.25) is 5.91 Å². The number of nitrogens with one attached hydrogen (secondary N) is 2. The number of halogens is 3. The number of rotatable bonds is 7. The average Bonchev–Trinajstić information content (AvgIpc) is 3.28. The van der Waals surface area contributed by atoms with Crippen molar-refractivity contribution in [3.8, 4) is 5.75 Å². The zero-order valence-electron chi connectivity index (χ0n) is 19.8. The molecule has 1 saturated heterocycles. The molecule has 2 aliphatic rings. The summed E-state index contributed by atoms with van der Waals surface area (Å²) >= 11 is 0. The van der Waals surface area contributed by atoms with Crippen LogP contribution in [0.25, 0.3) is 0 Å². The first-order valence-corrected chi connectivity index (χ1v) is 11.8. The first-order chi connectivity index (χ1) is 16.7. The zero-order valence-corrected chi connectivity index (χ0v) is 19.8. The highest BCUT2D eigenvalue weighted by atomic mass is 19.4. The number of methoxy groups -OCH3 is 1. The SMILES string of the molecule is COc1ccc(CCN2C(=O)C[C@H]3[C@H](CNC(=O)Nc4cccc(C(F)(F)F)c4)[C@@H](C)C[C@H]32)cc1. The lowest BCUT2D eigenvalue weighted by Gasteiger charge is -2.24. The second-order valence-electron chi connectivity index (χ2n) is 9.41. The van der Waals surface area contributed by atoms with E-state index in [0.29, 0.717) is 25.4 Å². The van der Waals surface area contributed by atoms with Crippen molar-refractivity contribution in [2.45, 2.75) is 38.4 Å². The van der Waals surface area contributed by atoms with Gasteiger partial charge in [0.15, 0.2) is 0 Å². The lowest BCUT2D eigenvalue weighted by Crippen LogP contribution is -2.37. The van der Waals surface area contributed by atoms with Gasteiger partial charge in [0.1, 0.15) is 5.75 Å². The number of hydrogen-bond donors (Lipinski definition) is 2. The van der Waals surface area contributed by atoms with Gasteiger partial charge in [-0.1, -0.05) is 25.1 Å². The molecule has 188 valence electrons. The Morgan fingerprint density at radius 1 is 1.17 bits per heavy atom. The van der Waals surface area contributed by atoms with E-state index in [1.165, 1.54) is 12.1 Å². The van der Waals surface area contributed by atoms with Crippen LogP contribution in [-0.4, -0.2) is 43.1 Å². The van der Waals surface area contributed by atoms with Crippen molar-refractivity contribution in [3.05, 3.63) is 59.7 Å². The minimum Gasteiger partial charge on any atom is -0.497 e. The predicted molar refractivity (Wildman–Crippen MR) is 126 cm³/mol. The van der Waals surface area contributed by atoms with Gasteiger partial charge in [0.05, 0.1) is 12.7 Å². The molecule has 0 aromatic heterocycles. The first-order valence-electron chi connectivity index (χ1n) is 11.8. The molecule has 2 fully saturated rings. The zero-order chi connectivity index (χ0) is 25.2. The van der Waals surface area contributed by atoms with E-state index >= 15 is 0 Å². The molecule has 4 atom stereocenters. The number of carbonyl (C=O) groups excluding carboxylic acids is 2. The molecule has 1 heterocycles. The molecule has 9 heteroatoms. The summed E-state index contributed by atoms with van der Waals surface area (Å²) in [6.45, 7) is 3.14. The van der Waals surface area contributed by atoms with E-state index < -0.39 is 17.8 Å². The van der Waals surface area contributed by atoms with Crippen LogP contribution in [0.2, 0.25) is 0 Å². The molecule has 4 rings (SSSR count). The van der Waals surface area contributed by atoms with Gasteiger partial charge < -0.3 is 20.3 Å². The second kappa shape index (κ2) is 10.2. The van der Waals surface area contributed by atoms with Gasteiger partial charge in [-0.3, -0.25) is 4.79 Å². The fraction of sp³-hybridized carbons (Fsp3) is 0.462. The van der Waals surface area contributed by atoms with Crippen LogP contribution < -0.4 is 15.4 Å². The Morgan fingerprint density at radius 2 is 1.91 bits per heavy atom. The Bertz CT molecular complexity index is 1060. The fourth-order valence-electron chi connectivity index (χ4n) is 5.43. The van der Waals surface area contributed by atoms with Gasteiger partial charge in [-0.2, -0.15) is 13.2 Å². The van der Waals surface area contributed by atoms with E-state index in [1.807, 2.05) is 29.2 Å². The maximum absolute atomic E-state index is 12.9. The van der Waals surface area contributed by atoms with Gasteiger partial charge in [0.25, 0.3) is 0 Å². The third kappa shape index (κ3) is 5.71. The van der Waals surface area contributed by atoms with Crippen LogP contribution in [0.4, 0.5) is 23.7 Å². The van der Waals surface area contributed by atoms with Gasteiger partial charge in [0, 0.05) is 31.2 Å². The molecule has 2 aromatic carbocycles. The van der Waals surface area contributed by atoms with Crippen LogP contribution in [0.1, 0.15) is 30.9 Å². The van der Waals surface area contributed by atoms with Crippen molar-refractivity contribution in [2.75, 3.05) is 25.5 Å². The Hall–Kier alpha value is -3.23. The van der Waals surface area contributed by atoms with Crippen LogP contribution in [0.15, 0.2) is 48.5 Å². The van der Waals surface area contributed by atoms with Gasteiger partial charge in [-0.25, -0.2) is 4.79 Å². The maximum atomic E-state index is 12.9. The highest BCUT2D eigenvalue weighted by Crippen LogP contribution is 2.45. The summed E-state index contributed by atoms with van der Waals surface area (Å²) in [6, 6.07) is 12.0. The van der Waals surface area contributed by atoms with E-state index in [-0.39, 0.29) is 29.5 Å². The van der Waals surface area contributed by atoms with Crippen molar-refractivity contribution in [1.82, 2.24) is 10.2 Å². The highest BCUT2D eigenvalue weighted by molar-refractivity contribution is 5.89. The summed E-state index contributed by atoms with van der Waals surface area (Å²) in [7, 11) is 1.62. The molecule has 3 amide bonds. The van der Waals surface area contributed by atoms with Crippen LogP contribution >= 0.6 is 0 Å². The van der Waals surface area contributed by atoms with E-state index in [1.54, 1.807) is 7.11 Å². The summed E-state index contributed by atoms with van der Waals surface area (Å²) in [4.78, 5) is 27.1. The number of carbonyl (C=O) groups is 2. The Kier molecular flexibility index (Phi) is 7.23. The van der Waals surface area contributed by atoms with Crippen LogP contribution in [0.5, 0.6) is 5.75 Å². The van der Waals surface area contributed by atoms with Crippen molar-refractivity contribution >= 4 is 17.6 Å². The predicted octanol–water partition coefficient (Wildman–Crippen LogP) is 4.95. The second-order valence-corrected chi connectivity index (χ2v) is 9.41. The number of nitrogens with zero attached hydrogens (tertiary/aromatic N) is 1. The molecule has 1 aliphatic heterocycles. The molecule has 1 saturated carbocycles.